The highest BCUT2D eigenvalue weighted by molar-refractivity contribution is 5.28. The molecule has 1 aliphatic heterocycles. The molecular formula is C17H28N2O. The summed E-state index contributed by atoms with van der Waals surface area (Å²) in [6.45, 7) is 7.48. The van der Waals surface area contributed by atoms with Crippen molar-refractivity contribution in [3.05, 3.63) is 35.4 Å². The van der Waals surface area contributed by atoms with E-state index in [1.807, 2.05) is 0 Å². The molecule has 0 aliphatic carbocycles. The fourth-order valence-electron chi connectivity index (χ4n) is 2.93. The summed E-state index contributed by atoms with van der Waals surface area (Å²) in [6, 6.07) is 9.32. The zero-order valence-electron chi connectivity index (χ0n) is 12.9. The summed E-state index contributed by atoms with van der Waals surface area (Å²) in [5, 5.41) is 3.59. The Morgan fingerprint density at radius 1 is 1.20 bits per heavy atom. The Bertz CT molecular complexity index is 367. The van der Waals surface area contributed by atoms with Crippen molar-refractivity contribution in [2.75, 3.05) is 39.9 Å². The van der Waals surface area contributed by atoms with Crippen LogP contribution in [0.3, 0.4) is 0 Å². The lowest BCUT2D eigenvalue weighted by molar-refractivity contribution is 0.139. The van der Waals surface area contributed by atoms with Crippen molar-refractivity contribution in [3.63, 3.8) is 0 Å². The molecular weight excluding hydrogens is 248 g/mol. The Labute approximate surface area is 123 Å². The number of benzene rings is 1. The van der Waals surface area contributed by atoms with Gasteiger partial charge in [0.25, 0.3) is 0 Å². The van der Waals surface area contributed by atoms with E-state index in [-0.39, 0.29) is 0 Å². The molecule has 112 valence electrons. The molecule has 1 aromatic carbocycles. The van der Waals surface area contributed by atoms with Crippen LogP contribution >= 0.6 is 0 Å². The zero-order chi connectivity index (χ0) is 14.2. The minimum absolute atomic E-state index is 0.446. The van der Waals surface area contributed by atoms with Crippen molar-refractivity contribution in [2.24, 2.45) is 0 Å². The van der Waals surface area contributed by atoms with Crippen molar-refractivity contribution >= 4 is 0 Å². The summed E-state index contributed by atoms with van der Waals surface area (Å²) in [7, 11) is 1.79. The number of nitrogens with one attached hydrogen (secondary N) is 1. The van der Waals surface area contributed by atoms with Gasteiger partial charge in [-0.25, -0.2) is 0 Å². The van der Waals surface area contributed by atoms with Gasteiger partial charge in [0.2, 0.25) is 0 Å². The molecule has 1 heterocycles. The molecule has 0 bridgehead atoms. The minimum Gasteiger partial charge on any atom is -0.383 e. The molecule has 0 saturated carbocycles. The van der Waals surface area contributed by atoms with Crippen LogP contribution in [-0.2, 0) is 17.6 Å². The lowest BCUT2D eigenvalue weighted by Gasteiger charge is -2.26. The molecule has 1 N–H and O–H groups in total. The van der Waals surface area contributed by atoms with Crippen molar-refractivity contribution in [1.82, 2.24) is 10.2 Å². The first-order valence-electron chi connectivity index (χ1n) is 7.85. The van der Waals surface area contributed by atoms with Crippen LogP contribution in [0.5, 0.6) is 0 Å². The minimum atomic E-state index is 0.446. The maximum absolute atomic E-state index is 5.35. The van der Waals surface area contributed by atoms with Gasteiger partial charge in [0.15, 0.2) is 0 Å². The van der Waals surface area contributed by atoms with Crippen LogP contribution in [0.15, 0.2) is 24.3 Å². The van der Waals surface area contributed by atoms with Crippen LogP contribution in [0.25, 0.3) is 0 Å². The highest BCUT2D eigenvalue weighted by Gasteiger charge is 2.17. The van der Waals surface area contributed by atoms with Crippen LogP contribution in [0.2, 0.25) is 0 Å². The van der Waals surface area contributed by atoms with Gasteiger partial charge in [0.1, 0.15) is 0 Å². The average Bonchev–Trinajstić information content (AvgIpc) is 2.68. The second-order valence-electron chi connectivity index (χ2n) is 5.68. The Balaban J connectivity index is 1.87. The molecule has 0 fully saturated rings. The smallest absolute Gasteiger partial charge is 0.0628 e. The van der Waals surface area contributed by atoms with E-state index in [0.29, 0.717) is 6.04 Å². The molecule has 3 heteroatoms. The monoisotopic (exact) mass is 276 g/mol. The van der Waals surface area contributed by atoms with Crippen LogP contribution in [0.1, 0.15) is 24.5 Å². The lowest BCUT2D eigenvalue weighted by atomic mass is 10.0. The van der Waals surface area contributed by atoms with Crippen LogP contribution in [-0.4, -0.2) is 50.8 Å². The van der Waals surface area contributed by atoms with Gasteiger partial charge in [-0.2, -0.15) is 0 Å². The maximum Gasteiger partial charge on any atom is 0.0628 e. The largest absolute Gasteiger partial charge is 0.383 e. The van der Waals surface area contributed by atoms with Crippen molar-refractivity contribution in [1.29, 1.82) is 0 Å². The summed E-state index contributed by atoms with van der Waals surface area (Å²) >= 11 is 0. The molecule has 1 unspecified atom stereocenters. The van der Waals surface area contributed by atoms with Gasteiger partial charge < -0.3 is 15.0 Å². The summed E-state index contributed by atoms with van der Waals surface area (Å²) in [6.07, 6.45) is 3.51. The number of nitrogens with zero attached hydrogens (tertiary/aromatic N) is 1. The van der Waals surface area contributed by atoms with Gasteiger partial charge in [-0.15, -0.1) is 0 Å². The number of hydrogen-bond acceptors (Lipinski definition) is 3. The summed E-state index contributed by atoms with van der Waals surface area (Å²) in [5.74, 6) is 0. The Morgan fingerprint density at radius 3 is 2.40 bits per heavy atom. The number of hydrogen-bond donors (Lipinski definition) is 1. The van der Waals surface area contributed by atoms with Gasteiger partial charge in [-0.05, 0) is 36.9 Å². The van der Waals surface area contributed by atoms with Gasteiger partial charge >= 0.3 is 0 Å². The SMILES string of the molecule is CCCNC(COC)CN1CCc2ccccc2CC1. The number of methoxy groups -OCH3 is 1. The predicted molar refractivity (Wildman–Crippen MR) is 84.2 cm³/mol. The first-order valence-corrected chi connectivity index (χ1v) is 7.85. The molecule has 1 aliphatic rings. The Hall–Kier alpha value is -0.900. The van der Waals surface area contributed by atoms with Crippen molar-refractivity contribution in [2.45, 2.75) is 32.2 Å². The van der Waals surface area contributed by atoms with E-state index in [0.717, 1.165) is 32.8 Å². The number of fused-ring (bicyclic) bond motifs is 1. The summed E-state index contributed by atoms with van der Waals surface area (Å²) in [4.78, 5) is 2.58. The van der Waals surface area contributed by atoms with E-state index >= 15 is 0 Å². The van der Waals surface area contributed by atoms with Crippen LogP contribution in [0.4, 0.5) is 0 Å². The van der Waals surface area contributed by atoms with E-state index in [1.54, 1.807) is 7.11 Å². The fourth-order valence-corrected chi connectivity index (χ4v) is 2.93. The molecule has 2 rings (SSSR count). The van der Waals surface area contributed by atoms with Gasteiger partial charge in [-0.1, -0.05) is 31.2 Å². The number of ether oxygens (including phenoxy) is 1. The molecule has 0 aromatic heterocycles. The number of rotatable bonds is 7. The molecule has 3 nitrogen and oxygen atoms in total. The summed E-state index contributed by atoms with van der Waals surface area (Å²) < 4.78 is 5.35. The van der Waals surface area contributed by atoms with Crippen molar-refractivity contribution in [3.8, 4) is 0 Å². The highest BCUT2D eigenvalue weighted by Crippen LogP contribution is 2.15. The maximum atomic E-state index is 5.35. The van der Waals surface area contributed by atoms with E-state index in [1.165, 1.54) is 30.4 Å². The van der Waals surface area contributed by atoms with Crippen LogP contribution < -0.4 is 5.32 Å². The Morgan fingerprint density at radius 2 is 1.85 bits per heavy atom. The third-order valence-electron chi connectivity index (χ3n) is 4.04. The van der Waals surface area contributed by atoms with E-state index in [4.69, 9.17) is 4.74 Å². The normalized spacial score (nSPS) is 17.5. The third-order valence-corrected chi connectivity index (χ3v) is 4.04. The fraction of sp³-hybridized carbons (Fsp3) is 0.647. The van der Waals surface area contributed by atoms with Crippen molar-refractivity contribution < 1.29 is 4.74 Å². The predicted octanol–water partition coefficient (Wildman–Crippen LogP) is 2.10. The van der Waals surface area contributed by atoms with Crippen LogP contribution in [0, 0.1) is 0 Å². The molecule has 0 spiro atoms. The topological polar surface area (TPSA) is 24.5 Å². The Kier molecular flexibility index (Phi) is 6.51. The second kappa shape index (κ2) is 8.40. The van der Waals surface area contributed by atoms with E-state index in [9.17, 15) is 0 Å². The van der Waals surface area contributed by atoms with E-state index < -0.39 is 0 Å². The quantitative estimate of drug-likeness (QED) is 0.825. The molecule has 1 atom stereocenters. The molecule has 0 saturated heterocycles. The van der Waals surface area contributed by atoms with Gasteiger partial charge in [-0.3, -0.25) is 0 Å². The highest BCUT2D eigenvalue weighted by atomic mass is 16.5. The first kappa shape index (κ1) is 15.5. The van der Waals surface area contributed by atoms with Gasteiger partial charge in [0, 0.05) is 32.8 Å². The first-order chi connectivity index (χ1) is 9.83. The summed E-state index contributed by atoms with van der Waals surface area (Å²) in [5.41, 5.74) is 3.06. The zero-order valence-corrected chi connectivity index (χ0v) is 12.9. The average molecular weight is 276 g/mol. The van der Waals surface area contributed by atoms with Gasteiger partial charge in [0.05, 0.1) is 6.61 Å². The van der Waals surface area contributed by atoms with E-state index in [2.05, 4.69) is 41.4 Å². The lowest BCUT2D eigenvalue weighted by Crippen LogP contribution is -2.44. The standard InChI is InChI=1S/C17H28N2O/c1-3-10-18-17(14-20-2)13-19-11-8-15-6-4-5-7-16(15)9-12-19/h4-7,17-18H,3,8-14H2,1-2H3. The molecule has 0 radical (unpaired) electrons. The molecule has 1 aromatic rings. The molecule has 20 heavy (non-hydrogen) atoms. The third kappa shape index (κ3) is 4.58. The molecule has 0 amide bonds. The second-order valence-corrected chi connectivity index (χ2v) is 5.68.